The Bertz CT molecular complexity index is 855. The third-order valence-corrected chi connectivity index (χ3v) is 4.89. The van der Waals surface area contributed by atoms with E-state index in [9.17, 15) is 4.79 Å². The first-order valence-electron chi connectivity index (χ1n) is 8.32. The van der Waals surface area contributed by atoms with Crippen LogP contribution in [0.5, 0.6) is 0 Å². The van der Waals surface area contributed by atoms with Gasteiger partial charge in [0.1, 0.15) is 0 Å². The highest BCUT2D eigenvalue weighted by Gasteiger charge is 2.32. The zero-order valence-corrected chi connectivity index (χ0v) is 15.7. The van der Waals surface area contributed by atoms with Crippen LogP contribution in [0.25, 0.3) is 6.08 Å². The van der Waals surface area contributed by atoms with Gasteiger partial charge in [-0.3, -0.25) is 9.69 Å². The number of hydrogen-bond acceptors (Lipinski definition) is 4. The van der Waals surface area contributed by atoms with Crippen molar-refractivity contribution in [3.63, 3.8) is 0 Å². The fourth-order valence-electron chi connectivity index (χ4n) is 2.51. The Labute approximate surface area is 158 Å². The quantitative estimate of drug-likeness (QED) is 0.578. The van der Waals surface area contributed by atoms with E-state index in [1.54, 1.807) is 11.0 Å². The second-order valence-electron chi connectivity index (χ2n) is 6.03. The maximum atomic E-state index is 12.8. The molecule has 0 atom stereocenters. The Kier molecular flexibility index (Phi) is 5.58. The predicted octanol–water partition coefficient (Wildman–Crippen LogP) is 4.54. The van der Waals surface area contributed by atoms with E-state index >= 15 is 0 Å². The molecule has 0 saturated carbocycles. The van der Waals surface area contributed by atoms with Gasteiger partial charge in [0.05, 0.1) is 10.6 Å². The van der Waals surface area contributed by atoms with Gasteiger partial charge in [-0.1, -0.05) is 36.4 Å². The largest absolute Gasteiger partial charge is 0.378 e. The standard InChI is InChI=1S/C21H21N3OS/c1-4-14-24-20(25)19(15-16-10-12-18(13-11-16)23(2)3)26-21(24)22-17-8-6-5-7-9-17/h4-13,15H,1,14H2,2-3H3/b19-15-,22-21?. The Morgan fingerprint density at radius 2 is 1.81 bits per heavy atom. The van der Waals surface area contributed by atoms with E-state index in [1.165, 1.54) is 11.8 Å². The van der Waals surface area contributed by atoms with Gasteiger partial charge in [0, 0.05) is 26.3 Å². The summed E-state index contributed by atoms with van der Waals surface area (Å²) >= 11 is 1.40. The zero-order valence-electron chi connectivity index (χ0n) is 14.9. The summed E-state index contributed by atoms with van der Waals surface area (Å²) in [5.41, 5.74) is 2.94. The van der Waals surface area contributed by atoms with E-state index in [0.29, 0.717) is 16.6 Å². The van der Waals surface area contributed by atoms with Crippen molar-refractivity contribution in [1.29, 1.82) is 0 Å². The van der Waals surface area contributed by atoms with Crippen molar-refractivity contribution in [3.05, 3.63) is 77.7 Å². The molecule has 1 aliphatic rings. The number of carbonyl (C=O) groups is 1. The molecule has 1 amide bonds. The highest BCUT2D eigenvalue weighted by molar-refractivity contribution is 8.18. The van der Waals surface area contributed by atoms with E-state index in [-0.39, 0.29) is 5.91 Å². The number of rotatable bonds is 5. The molecule has 1 saturated heterocycles. The molecule has 132 valence electrons. The molecular formula is C21H21N3OS. The van der Waals surface area contributed by atoms with E-state index < -0.39 is 0 Å². The topological polar surface area (TPSA) is 35.9 Å². The van der Waals surface area contributed by atoms with Crippen molar-refractivity contribution in [2.24, 2.45) is 4.99 Å². The number of thioether (sulfide) groups is 1. The van der Waals surface area contributed by atoms with Gasteiger partial charge in [-0.05, 0) is 47.7 Å². The summed E-state index contributed by atoms with van der Waals surface area (Å²) in [4.78, 5) is 21.8. The lowest BCUT2D eigenvalue weighted by Crippen LogP contribution is -2.29. The van der Waals surface area contributed by atoms with Crippen molar-refractivity contribution in [2.45, 2.75) is 0 Å². The predicted molar refractivity (Wildman–Crippen MR) is 112 cm³/mol. The van der Waals surface area contributed by atoms with Crippen molar-refractivity contribution < 1.29 is 4.79 Å². The maximum absolute atomic E-state index is 12.8. The number of anilines is 1. The van der Waals surface area contributed by atoms with Crippen LogP contribution in [0.1, 0.15) is 5.56 Å². The normalized spacial score (nSPS) is 17.2. The molecule has 2 aromatic rings. The molecule has 26 heavy (non-hydrogen) atoms. The minimum atomic E-state index is -0.0405. The van der Waals surface area contributed by atoms with Gasteiger partial charge in [-0.25, -0.2) is 4.99 Å². The van der Waals surface area contributed by atoms with Gasteiger partial charge in [0.15, 0.2) is 5.17 Å². The number of hydrogen-bond donors (Lipinski definition) is 0. The molecule has 1 aliphatic heterocycles. The summed E-state index contributed by atoms with van der Waals surface area (Å²) in [7, 11) is 4.01. The first kappa shape index (κ1) is 18.0. The van der Waals surface area contributed by atoms with Gasteiger partial charge in [-0.2, -0.15) is 0 Å². The molecule has 1 heterocycles. The van der Waals surface area contributed by atoms with Crippen LogP contribution in [0, 0.1) is 0 Å². The van der Waals surface area contributed by atoms with Crippen LogP contribution in [-0.2, 0) is 4.79 Å². The van der Waals surface area contributed by atoms with Crippen LogP contribution in [0.3, 0.4) is 0 Å². The van der Waals surface area contributed by atoms with E-state index in [0.717, 1.165) is 16.9 Å². The smallest absolute Gasteiger partial charge is 0.267 e. The van der Waals surface area contributed by atoms with Crippen LogP contribution in [0.2, 0.25) is 0 Å². The second-order valence-corrected chi connectivity index (χ2v) is 7.04. The molecule has 0 bridgehead atoms. The first-order chi connectivity index (χ1) is 12.6. The molecule has 3 rings (SSSR count). The summed E-state index contributed by atoms with van der Waals surface area (Å²) in [5.74, 6) is -0.0405. The number of carbonyl (C=O) groups excluding carboxylic acids is 1. The summed E-state index contributed by atoms with van der Waals surface area (Å²) in [6, 6.07) is 17.8. The number of amidine groups is 1. The fraction of sp³-hybridized carbons (Fsp3) is 0.143. The Balaban J connectivity index is 1.90. The molecule has 0 unspecified atom stereocenters. The fourth-order valence-corrected chi connectivity index (χ4v) is 3.52. The van der Waals surface area contributed by atoms with Gasteiger partial charge in [0.25, 0.3) is 5.91 Å². The summed E-state index contributed by atoms with van der Waals surface area (Å²) < 4.78 is 0. The molecule has 0 aromatic heterocycles. The monoisotopic (exact) mass is 363 g/mol. The van der Waals surface area contributed by atoms with Crippen LogP contribution in [-0.4, -0.2) is 36.6 Å². The molecule has 0 radical (unpaired) electrons. The van der Waals surface area contributed by atoms with Crippen LogP contribution in [0.15, 0.2) is 77.1 Å². The third kappa shape index (κ3) is 4.06. The number of nitrogens with zero attached hydrogens (tertiary/aromatic N) is 3. The third-order valence-electron chi connectivity index (χ3n) is 3.89. The summed E-state index contributed by atoms with van der Waals surface area (Å²) in [6.07, 6.45) is 3.63. The van der Waals surface area contributed by atoms with Crippen molar-refractivity contribution >= 4 is 40.3 Å². The minimum absolute atomic E-state index is 0.0405. The Morgan fingerprint density at radius 3 is 2.42 bits per heavy atom. The number of aliphatic imine (C=N–C) groups is 1. The van der Waals surface area contributed by atoms with Crippen molar-refractivity contribution in [3.8, 4) is 0 Å². The molecule has 0 spiro atoms. The Hall–Kier alpha value is -2.79. The number of para-hydroxylation sites is 1. The number of amides is 1. The van der Waals surface area contributed by atoms with Gasteiger partial charge in [-0.15, -0.1) is 6.58 Å². The average Bonchev–Trinajstić information content (AvgIpc) is 2.92. The van der Waals surface area contributed by atoms with Crippen LogP contribution >= 0.6 is 11.8 Å². The lowest BCUT2D eigenvalue weighted by atomic mass is 10.2. The Morgan fingerprint density at radius 1 is 1.12 bits per heavy atom. The van der Waals surface area contributed by atoms with E-state index in [1.807, 2.05) is 79.7 Å². The van der Waals surface area contributed by atoms with Crippen LogP contribution in [0.4, 0.5) is 11.4 Å². The summed E-state index contributed by atoms with van der Waals surface area (Å²) in [5, 5.41) is 0.678. The molecule has 5 heteroatoms. The van der Waals surface area contributed by atoms with Gasteiger partial charge in [0.2, 0.25) is 0 Å². The molecule has 1 fully saturated rings. The molecule has 0 aliphatic carbocycles. The number of benzene rings is 2. The first-order valence-corrected chi connectivity index (χ1v) is 9.13. The van der Waals surface area contributed by atoms with Gasteiger partial charge < -0.3 is 4.90 Å². The van der Waals surface area contributed by atoms with E-state index in [4.69, 9.17) is 0 Å². The van der Waals surface area contributed by atoms with Gasteiger partial charge >= 0.3 is 0 Å². The van der Waals surface area contributed by atoms with Crippen LogP contribution < -0.4 is 4.90 Å². The van der Waals surface area contributed by atoms with E-state index in [2.05, 4.69) is 11.6 Å². The SMILES string of the molecule is C=CCN1C(=O)/C(=C/c2ccc(N(C)C)cc2)SC1=Nc1ccccc1. The van der Waals surface area contributed by atoms with Crippen molar-refractivity contribution in [2.75, 3.05) is 25.5 Å². The molecule has 2 aromatic carbocycles. The van der Waals surface area contributed by atoms with Crippen molar-refractivity contribution in [1.82, 2.24) is 4.90 Å². The lowest BCUT2D eigenvalue weighted by molar-refractivity contribution is -0.121. The zero-order chi connectivity index (χ0) is 18.5. The molecule has 0 N–H and O–H groups in total. The lowest BCUT2D eigenvalue weighted by Gasteiger charge is -2.12. The second kappa shape index (κ2) is 8.06. The maximum Gasteiger partial charge on any atom is 0.267 e. The average molecular weight is 363 g/mol. The summed E-state index contributed by atoms with van der Waals surface area (Å²) in [6.45, 7) is 4.19. The molecule has 4 nitrogen and oxygen atoms in total. The minimum Gasteiger partial charge on any atom is -0.378 e. The molecular weight excluding hydrogens is 342 g/mol. The highest BCUT2D eigenvalue weighted by atomic mass is 32.2. The highest BCUT2D eigenvalue weighted by Crippen LogP contribution is 2.34.